The minimum Gasteiger partial charge on any atom is -0.345 e. The van der Waals surface area contributed by atoms with Crippen molar-refractivity contribution in [1.29, 1.82) is 0 Å². The molecule has 5 aromatic rings. The zero-order valence-electron chi connectivity index (χ0n) is 17.4. The molecule has 2 aromatic heterocycles. The van der Waals surface area contributed by atoms with Crippen molar-refractivity contribution < 1.29 is 4.79 Å². The third-order valence-corrected chi connectivity index (χ3v) is 6.42. The van der Waals surface area contributed by atoms with E-state index in [1.165, 1.54) is 5.56 Å². The van der Waals surface area contributed by atoms with E-state index in [0.717, 1.165) is 33.5 Å². The SMILES string of the molecule is O=C(NC(Cc1ccccc1)c1ccccc1)c1cc(-c2cccs2)nc2ccccc12. The zero-order valence-corrected chi connectivity index (χ0v) is 18.3. The summed E-state index contributed by atoms with van der Waals surface area (Å²) < 4.78 is 0. The van der Waals surface area contributed by atoms with E-state index in [1.54, 1.807) is 11.3 Å². The Morgan fingerprint density at radius 2 is 1.56 bits per heavy atom. The average Bonchev–Trinajstić information content (AvgIpc) is 3.39. The lowest BCUT2D eigenvalue weighted by Crippen LogP contribution is -2.30. The van der Waals surface area contributed by atoms with Gasteiger partial charge in [0.05, 0.1) is 27.7 Å². The van der Waals surface area contributed by atoms with Gasteiger partial charge < -0.3 is 5.32 Å². The Balaban J connectivity index is 1.53. The van der Waals surface area contributed by atoms with Crippen molar-refractivity contribution in [3.05, 3.63) is 125 Å². The molecule has 1 amide bonds. The lowest BCUT2D eigenvalue weighted by Gasteiger charge is -2.20. The number of amides is 1. The van der Waals surface area contributed by atoms with Crippen LogP contribution in [-0.4, -0.2) is 10.9 Å². The van der Waals surface area contributed by atoms with E-state index in [1.807, 2.05) is 84.2 Å². The highest BCUT2D eigenvalue weighted by atomic mass is 32.1. The first-order chi connectivity index (χ1) is 15.8. The summed E-state index contributed by atoms with van der Waals surface area (Å²) in [5.41, 5.74) is 4.56. The molecule has 0 fully saturated rings. The van der Waals surface area contributed by atoms with E-state index in [4.69, 9.17) is 4.98 Å². The van der Waals surface area contributed by atoms with E-state index in [0.29, 0.717) is 5.56 Å². The molecule has 0 aliphatic carbocycles. The number of hydrogen-bond donors (Lipinski definition) is 1. The van der Waals surface area contributed by atoms with Crippen molar-refractivity contribution in [2.45, 2.75) is 12.5 Å². The second kappa shape index (κ2) is 9.16. The molecule has 156 valence electrons. The van der Waals surface area contributed by atoms with Crippen LogP contribution in [0.5, 0.6) is 0 Å². The monoisotopic (exact) mass is 434 g/mol. The Labute approximate surface area is 191 Å². The predicted molar refractivity (Wildman–Crippen MR) is 132 cm³/mol. The van der Waals surface area contributed by atoms with Crippen molar-refractivity contribution in [2.24, 2.45) is 0 Å². The number of rotatable bonds is 6. The fraction of sp³-hybridized carbons (Fsp3) is 0.0714. The molecule has 5 rings (SSSR count). The molecule has 0 saturated heterocycles. The molecule has 3 aromatic carbocycles. The van der Waals surface area contributed by atoms with Crippen molar-refractivity contribution in [1.82, 2.24) is 10.3 Å². The predicted octanol–water partition coefficient (Wildman–Crippen LogP) is 6.68. The molecule has 3 nitrogen and oxygen atoms in total. The van der Waals surface area contributed by atoms with Crippen LogP contribution in [0.3, 0.4) is 0 Å². The summed E-state index contributed by atoms with van der Waals surface area (Å²) in [4.78, 5) is 19.5. The van der Waals surface area contributed by atoms with Crippen LogP contribution in [0.4, 0.5) is 0 Å². The smallest absolute Gasteiger partial charge is 0.252 e. The fourth-order valence-electron chi connectivity index (χ4n) is 3.94. The van der Waals surface area contributed by atoms with Crippen LogP contribution in [0.15, 0.2) is 109 Å². The maximum absolute atomic E-state index is 13.6. The number of hydrogen-bond acceptors (Lipinski definition) is 3. The number of aromatic nitrogens is 1. The van der Waals surface area contributed by atoms with Gasteiger partial charge in [0, 0.05) is 5.39 Å². The van der Waals surface area contributed by atoms with Gasteiger partial charge in [0.25, 0.3) is 5.91 Å². The van der Waals surface area contributed by atoms with E-state index in [-0.39, 0.29) is 11.9 Å². The van der Waals surface area contributed by atoms with E-state index >= 15 is 0 Å². The van der Waals surface area contributed by atoms with Crippen molar-refractivity contribution in [3.63, 3.8) is 0 Å². The highest BCUT2D eigenvalue weighted by Crippen LogP contribution is 2.28. The van der Waals surface area contributed by atoms with Crippen molar-refractivity contribution >= 4 is 28.1 Å². The standard InChI is InChI=1S/C28H22N2OS/c31-28(30-25(21-12-5-2-6-13-21)18-20-10-3-1-4-11-20)23-19-26(27-16-9-17-32-27)29-24-15-8-7-14-22(23)24/h1-17,19,25H,18H2,(H,30,31). The first kappa shape index (κ1) is 20.2. The Morgan fingerprint density at radius 3 is 2.31 bits per heavy atom. The maximum Gasteiger partial charge on any atom is 0.252 e. The molecule has 1 unspecified atom stereocenters. The van der Waals surface area contributed by atoms with Gasteiger partial charge in [0.2, 0.25) is 0 Å². The quantitative estimate of drug-likeness (QED) is 0.324. The van der Waals surface area contributed by atoms with Crippen LogP contribution >= 0.6 is 11.3 Å². The van der Waals surface area contributed by atoms with Gasteiger partial charge in [-0.2, -0.15) is 0 Å². The molecule has 32 heavy (non-hydrogen) atoms. The molecule has 2 heterocycles. The second-order valence-corrected chi connectivity index (χ2v) is 8.62. The van der Waals surface area contributed by atoms with Crippen molar-refractivity contribution in [2.75, 3.05) is 0 Å². The number of benzene rings is 3. The number of nitrogens with one attached hydrogen (secondary N) is 1. The molecule has 0 aliphatic heterocycles. The van der Waals surface area contributed by atoms with Crippen LogP contribution in [0.1, 0.15) is 27.5 Å². The van der Waals surface area contributed by atoms with Crippen molar-refractivity contribution in [3.8, 4) is 10.6 Å². The topological polar surface area (TPSA) is 42.0 Å². The molecular weight excluding hydrogens is 412 g/mol. The van der Waals surface area contributed by atoms with E-state index in [2.05, 4.69) is 29.6 Å². The number of carbonyl (C=O) groups excluding carboxylic acids is 1. The Bertz CT molecular complexity index is 1330. The summed E-state index contributed by atoms with van der Waals surface area (Å²) in [6.07, 6.45) is 0.720. The normalized spacial score (nSPS) is 11.9. The van der Waals surface area contributed by atoms with Crippen LogP contribution in [0.25, 0.3) is 21.5 Å². The van der Waals surface area contributed by atoms with E-state index < -0.39 is 0 Å². The molecular formula is C28H22N2OS. The summed E-state index contributed by atoms with van der Waals surface area (Å²) in [6.45, 7) is 0. The molecule has 0 aliphatic rings. The Kier molecular flexibility index (Phi) is 5.77. The number of carbonyl (C=O) groups is 1. The highest BCUT2D eigenvalue weighted by Gasteiger charge is 2.19. The lowest BCUT2D eigenvalue weighted by atomic mass is 9.98. The van der Waals surface area contributed by atoms with Crippen LogP contribution in [0.2, 0.25) is 0 Å². The summed E-state index contributed by atoms with van der Waals surface area (Å²) in [6, 6.07) is 34.0. The summed E-state index contributed by atoms with van der Waals surface area (Å²) in [5, 5.41) is 6.18. The van der Waals surface area contributed by atoms with Gasteiger partial charge in [-0.05, 0) is 41.1 Å². The first-order valence-corrected chi connectivity index (χ1v) is 11.5. The van der Waals surface area contributed by atoms with Gasteiger partial charge >= 0.3 is 0 Å². The molecule has 0 saturated carbocycles. The second-order valence-electron chi connectivity index (χ2n) is 7.68. The lowest BCUT2D eigenvalue weighted by molar-refractivity contribution is 0.0938. The van der Waals surface area contributed by atoms with Gasteiger partial charge in [-0.1, -0.05) is 84.9 Å². The first-order valence-electron chi connectivity index (χ1n) is 10.6. The third kappa shape index (κ3) is 4.32. The number of para-hydroxylation sites is 1. The minimum absolute atomic E-state index is 0.0915. The fourth-order valence-corrected chi connectivity index (χ4v) is 4.62. The van der Waals surface area contributed by atoms with Gasteiger partial charge in [0.15, 0.2) is 0 Å². The third-order valence-electron chi connectivity index (χ3n) is 5.52. The van der Waals surface area contributed by atoms with Gasteiger partial charge in [-0.3, -0.25) is 4.79 Å². The molecule has 0 spiro atoms. The van der Waals surface area contributed by atoms with E-state index in [9.17, 15) is 4.79 Å². The van der Waals surface area contributed by atoms with Crippen LogP contribution in [0, 0.1) is 0 Å². The van der Waals surface area contributed by atoms with Gasteiger partial charge in [0.1, 0.15) is 0 Å². The maximum atomic E-state index is 13.6. The number of pyridine rings is 1. The number of nitrogens with zero attached hydrogens (tertiary/aromatic N) is 1. The molecule has 1 atom stereocenters. The molecule has 4 heteroatoms. The zero-order chi connectivity index (χ0) is 21.8. The van der Waals surface area contributed by atoms with Crippen LogP contribution in [-0.2, 0) is 6.42 Å². The summed E-state index contributed by atoms with van der Waals surface area (Å²) in [5.74, 6) is -0.0915. The van der Waals surface area contributed by atoms with Gasteiger partial charge in [-0.25, -0.2) is 4.98 Å². The van der Waals surface area contributed by atoms with Gasteiger partial charge in [-0.15, -0.1) is 11.3 Å². The molecule has 0 radical (unpaired) electrons. The highest BCUT2D eigenvalue weighted by molar-refractivity contribution is 7.13. The molecule has 1 N–H and O–H groups in total. The van der Waals surface area contributed by atoms with Crippen LogP contribution < -0.4 is 5.32 Å². The number of fused-ring (bicyclic) bond motifs is 1. The Morgan fingerprint density at radius 1 is 0.844 bits per heavy atom. The average molecular weight is 435 g/mol. The minimum atomic E-state index is -0.136. The summed E-state index contributed by atoms with van der Waals surface area (Å²) >= 11 is 1.62. The Hall–Kier alpha value is -3.76. The number of thiophene rings is 1. The summed E-state index contributed by atoms with van der Waals surface area (Å²) in [7, 11) is 0. The largest absolute Gasteiger partial charge is 0.345 e. The molecule has 0 bridgehead atoms.